The van der Waals surface area contributed by atoms with Gasteiger partial charge in [-0.15, -0.1) is 21.5 Å². The van der Waals surface area contributed by atoms with Crippen LogP contribution in [0, 0.1) is 0 Å². The van der Waals surface area contributed by atoms with Crippen LogP contribution in [0.25, 0.3) is 0 Å². The number of rotatable bonds is 12. The first-order valence-corrected chi connectivity index (χ1v) is 13.3. The molecule has 4 heterocycles. The normalized spacial score (nSPS) is 20.8. The van der Waals surface area contributed by atoms with Crippen molar-refractivity contribution in [2.45, 2.75) is 28.4 Å². The molecule has 0 bridgehead atoms. The minimum Gasteiger partial charge on any atom is -0.480 e. The fraction of sp³-hybridized carbons (Fsp3) is 0.368. The minimum absolute atomic E-state index is 0.0626. The van der Waals surface area contributed by atoms with E-state index in [1.165, 1.54) is 12.0 Å². The zero-order chi connectivity index (χ0) is 27.4. The van der Waals surface area contributed by atoms with Crippen LogP contribution in [-0.2, 0) is 40.2 Å². The number of nitrogens with zero attached hydrogens (tertiary/aromatic N) is 5. The van der Waals surface area contributed by atoms with E-state index < -0.39 is 34.7 Å². The lowest BCUT2D eigenvalue weighted by Gasteiger charge is -2.51. The van der Waals surface area contributed by atoms with Gasteiger partial charge in [0.15, 0.2) is 21.0 Å². The van der Waals surface area contributed by atoms with Crippen LogP contribution >= 0.6 is 34.9 Å². The van der Waals surface area contributed by atoms with Crippen LogP contribution in [0.3, 0.4) is 0 Å². The summed E-state index contributed by atoms with van der Waals surface area (Å²) in [6.07, 6.45) is 0.953. The molecule has 0 aromatic carbocycles. The molecule has 1 unspecified atom stereocenters. The maximum atomic E-state index is 12.8. The lowest BCUT2D eigenvalue weighted by Crippen LogP contribution is -2.61. The van der Waals surface area contributed by atoms with Gasteiger partial charge in [-0.05, 0) is 0 Å². The molecule has 16 nitrogen and oxygen atoms in total. The molecule has 202 valence electrons. The van der Waals surface area contributed by atoms with Crippen LogP contribution in [0.1, 0.15) is 17.9 Å². The van der Waals surface area contributed by atoms with E-state index in [-0.39, 0.29) is 57.8 Å². The number of aromatic amines is 1. The Morgan fingerprint density at radius 1 is 1.42 bits per heavy atom. The Hall–Kier alpha value is -3.68. The number of carboxylic acid groups (broad SMARTS) is 2. The minimum atomic E-state index is -1.53. The number of carbonyl (C=O) groups excluding carboxylic acids is 2. The lowest BCUT2D eigenvalue weighted by atomic mass is 9.98. The molecule has 0 radical (unpaired) electrons. The van der Waals surface area contributed by atoms with E-state index in [0.717, 1.165) is 41.1 Å². The van der Waals surface area contributed by atoms with Gasteiger partial charge in [-0.1, -0.05) is 28.7 Å². The smallest absolute Gasteiger partial charge is 0.352 e. The van der Waals surface area contributed by atoms with Gasteiger partial charge >= 0.3 is 11.9 Å². The Morgan fingerprint density at radius 3 is 2.84 bits per heavy atom. The second kappa shape index (κ2) is 11.4. The molecule has 0 aliphatic carbocycles. The fourth-order valence-corrected chi connectivity index (χ4v) is 7.02. The van der Waals surface area contributed by atoms with Crippen LogP contribution in [0.5, 0.6) is 0 Å². The highest BCUT2D eigenvalue weighted by molar-refractivity contribution is 8.01. The number of H-pyrrole nitrogens is 1. The van der Waals surface area contributed by atoms with Crippen molar-refractivity contribution in [3.63, 3.8) is 0 Å². The summed E-state index contributed by atoms with van der Waals surface area (Å²) in [5.41, 5.74) is 6.01. The standard InChI is InChI=1S/C19H20N8O8S3/c1-34-21-3-11(28)24-19(9-7-36-17(20)22-9)8(15(16(32)33)27-12(29)2-13(27)38-19)6-37-18-23-10(25-26-18)4-35-5-14(30)31/h3,7,13H,2,4-6H2,1H3,(H2,20,22)(H,24,28)(H,30,31)(H,32,33)(H,23,25,26)/t13-,19?/m0/s1. The molecule has 2 aromatic rings. The average molecular weight is 585 g/mol. The number of thioether (sulfide) groups is 2. The zero-order valence-corrected chi connectivity index (χ0v) is 21.9. The van der Waals surface area contributed by atoms with Gasteiger partial charge in [0.2, 0.25) is 5.91 Å². The van der Waals surface area contributed by atoms with Crippen molar-refractivity contribution in [3.8, 4) is 0 Å². The number of fused-ring (bicyclic) bond motifs is 1. The molecule has 19 heteroatoms. The zero-order valence-electron chi connectivity index (χ0n) is 19.4. The fourth-order valence-electron chi connectivity index (χ4n) is 3.66. The topological polar surface area (TPSA) is 235 Å². The number of thiazole rings is 1. The van der Waals surface area contributed by atoms with Crippen LogP contribution in [0.15, 0.2) is 27.0 Å². The molecule has 6 N–H and O–H groups in total. The van der Waals surface area contributed by atoms with E-state index in [4.69, 9.17) is 15.6 Å². The molecule has 2 aliphatic heterocycles. The van der Waals surface area contributed by atoms with Crippen molar-refractivity contribution in [2.24, 2.45) is 5.16 Å². The van der Waals surface area contributed by atoms with Crippen molar-refractivity contribution in [1.82, 2.24) is 30.4 Å². The number of anilines is 1. The molecule has 2 aromatic heterocycles. The number of carboxylic acids is 2. The summed E-state index contributed by atoms with van der Waals surface area (Å²) in [5.74, 6) is -3.41. The highest BCUT2D eigenvalue weighted by atomic mass is 32.2. The number of nitrogens with two attached hydrogens (primary N) is 1. The Labute approximate surface area is 226 Å². The Morgan fingerprint density at radius 2 is 2.21 bits per heavy atom. The molecule has 38 heavy (non-hydrogen) atoms. The van der Waals surface area contributed by atoms with Crippen molar-refractivity contribution in [3.05, 3.63) is 28.2 Å². The van der Waals surface area contributed by atoms with Crippen molar-refractivity contribution in [1.29, 1.82) is 0 Å². The van der Waals surface area contributed by atoms with Crippen molar-refractivity contribution in [2.75, 3.05) is 25.2 Å². The summed E-state index contributed by atoms with van der Waals surface area (Å²) < 4.78 is 4.99. The van der Waals surface area contributed by atoms with E-state index in [9.17, 15) is 24.3 Å². The third-order valence-corrected chi connectivity index (χ3v) is 8.29. The summed E-state index contributed by atoms with van der Waals surface area (Å²) in [7, 11) is 1.26. The first-order chi connectivity index (χ1) is 18.1. The Bertz CT molecular complexity index is 1330. The van der Waals surface area contributed by atoms with Gasteiger partial charge < -0.3 is 35.8 Å². The summed E-state index contributed by atoms with van der Waals surface area (Å²) >= 11 is 3.30. The summed E-state index contributed by atoms with van der Waals surface area (Å²) in [4.78, 5) is 59.8. The number of hydrogen-bond donors (Lipinski definition) is 5. The number of carbonyl (C=O) groups is 4. The van der Waals surface area contributed by atoms with Gasteiger partial charge in [-0.2, -0.15) is 0 Å². The number of β-lactam (4-membered cyclic amide) rings is 1. The van der Waals surface area contributed by atoms with Crippen molar-refractivity contribution < 1.29 is 39.0 Å². The lowest BCUT2D eigenvalue weighted by molar-refractivity contribution is -0.146. The highest BCUT2D eigenvalue weighted by Crippen LogP contribution is 2.54. The van der Waals surface area contributed by atoms with Crippen molar-refractivity contribution >= 4 is 70.0 Å². The molecule has 2 aliphatic rings. The molecule has 0 spiro atoms. The van der Waals surface area contributed by atoms with Crippen LogP contribution in [0.2, 0.25) is 0 Å². The number of ether oxygens (including phenoxy) is 1. The molecular weight excluding hydrogens is 564 g/mol. The Balaban J connectivity index is 1.73. The van der Waals surface area contributed by atoms with E-state index in [1.54, 1.807) is 5.38 Å². The molecule has 0 saturated carbocycles. The molecule has 4 rings (SSSR count). The summed E-state index contributed by atoms with van der Waals surface area (Å²) in [6.45, 7) is -0.661. The Kier molecular flexibility index (Phi) is 8.19. The maximum Gasteiger partial charge on any atom is 0.352 e. The molecule has 1 fully saturated rings. The number of hydrogen-bond acceptors (Lipinski definition) is 14. The predicted octanol–water partition coefficient (Wildman–Crippen LogP) is -0.218. The molecule has 1 saturated heterocycles. The van der Waals surface area contributed by atoms with Crippen LogP contribution in [-0.4, -0.2) is 90.1 Å². The van der Waals surface area contributed by atoms with Crippen LogP contribution in [0.4, 0.5) is 5.13 Å². The van der Waals surface area contributed by atoms with Gasteiger partial charge in [0.1, 0.15) is 32.2 Å². The average Bonchev–Trinajstić information content (AvgIpc) is 3.50. The van der Waals surface area contributed by atoms with E-state index in [1.807, 2.05) is 0 Å². The first-order valence-electron chi connectivity index (χ1n) is 10.6. The molecule has 2 atom stereocenters. The van der Waals surface area contributed by atoms with Crippen LogP contribution < -0.4 is 11.1 Å². The first kappa shape index (κ1) is 27.4. The maximum absolute atomic E-state index is 12.8. The monoisotopic (exact) mass is 584 g/mol. The van der Waals surface area contributed by atoms with Gasteiger partial charge in [-0.25, -0.2) is 14.6 Å². The predicted molar refractivity (Wildman–Crippen MR) is 134 cm³/mol. The third kappa shape index (κ3) is 5.59. The number of oxime groups is 1. The SMILES string of the molecule is CON=CC(=O)NC1(c2csc(N)n2)S[C@H]2CC(=O)N2C(C(=O)O)=C1CSc1nnc(COCC(=O)O)[nH]1. The number of amides is 2. The van der Waals surface area contributed by atoms with E-state index >= 15 is 0 Å². The molecule has 2 amide bonds. The second-order valence-corrected chi connectivity index (χ2v) is 10.8. The van der Waals surface area contributed by atoms with Gasteiger partial charge in [0, 0.05) is 16.7 Å². The number of nitrogens with one attached hydrogen (secondary N) is 2. The molecular formula is C19H20N8O8S3. The van der Waals surface area contributed by atoms with Gasteiger partial charge in [-0.3, -0.25) is 14.5 Å². The number of aromatic nitrogens is 4. The summed E-state index contributed by atoms with van der Waals surface area (Å²) in [5, 5.41) is 34.5. The highest BCUT2D eigenvalue weighted by Gasteiger charge is 2.56. The van der Waals surface area contributed by atoms with Gasteiger partial charge in [0.25, 0.3) is 5.91 Å². The van der Waals surface area contributed by atoms with E-state index in [0.29, 0.717) is 0 Å². The number of aliphatic carboxylic acids is 2. The quantitative estimate of drug-likeness (QED) is 0.0939. The second-order valence-electron chi connectivity index (χ2n) is 7.58. The van der Waals surface area contributed by atoms with E-state index in [2.05, 4.69) is 35.5 Å². The largest absolute Gasteiger partial charge is 0.480 e. The third-order valence-electron chi connectivity index (χ3n) is 5.16. The van der Waals surface area contributed by atoms with Gasteiger partial charge in [0.05, 0.1) is 17.5 Å². The number of nitrogen functional groups attached to an aromatic ring is 1. The summed E-state index contributed by atoms with van der Waals surface area (Å²) in [6, 6.07) is 0.